The van der Waals surface area contributed by atoms with E-state index in [2.05, 4.69) is 5.32 Å². The molecule has 0 aliphatic carbocycles. The number of fused-ring (bicyclic) bond motifs is 1. The maximum atomic E-state index is 12.3. The van der Waals surface area contributed by atoms with Gasteiger partial charge in [0.2, 0.25) is 0 Å². The van der Waals surface area contributed by atoms with Gasteiger partial charge in [-0.05, 0) is 25.0 Å². The first-order valence-electron chi connectivity index (χ1n) is 6.94. The molecule has 6 heteroatoms. The van der Waals surface area contributed by atoms with Crippen LogP contribution in [0.4, 0.5) is 10.5 Å². The van der Waals surface area contributed by atoms with Crippen molar-refractivity contribution < 1.29 is 19.4 Å². The van der Waals surface area contributed by atoms with Gasteiger partial charge in [-0.25, -0.2) is 4.79 Å². The van der Waals surface area contributed by atoms with Crippen LogP contribution in [0.1, 0.15) is 24.8 Å². The molecular weight excluding hydrogens is 272 g/mol. The fourth-order valence-electron chi connectivity index (χ4n) is 2.70. The van der Waals surface area contributed by atoms with Crippen molar-refractivity contribution in [3.05, 3.63) is 29.8 Å². The van der Waals surface area contributed by atoms with Crippen molar-refractivity contribution in [2.24, 2.45) is 0 Å². The molecule has 0 fully saturated rings. The Hall–Kier alpha value is -2.08. The molecule has 1 aromatic carbocycles. The second kappa shape index (κ2) is 6.58. The number of para-hydroxylation sites is 1. The van der Waals surface area contributed by atoms with Gasteiger partial charge in [0.1, 0.15) is 0 Å². The summed E-state index contributed by atoms with van der Waals surface area (Å²) in [6, 6.07) is 6.77. The Labute approximate surface area is 123 Å². The van der Waals surface area contributed by atoms with Crippen molar-refractivity contribution >= 4 is 17.7 Å². The Bertz CT molecular complexity index is 532. The van der Waals surface area contributed by atoms with E-state index in [9.17, 15) is 14.7 Å². The van der Waals surface area contributed by atoms with Crippen LogP contribution in [0, 0.1) is 0 Å². The van der Waals surface area contributed by atoms with Gasteiger partial charge >= 0.3 is 12.0 Å². The first-order valence-corrected chi connectivity index (χ1v) is 6.94. The second-order valence-corrected chi connectivity index (χ2v) is 5.13. The zero-order chi connectivity index (χ0) is 15.4. The van der Waals surface area contributed by atoms with Crippen molar-refractivity contribution in [1.29, 1.82) is 0 Å². The molecule has 1 aliphatic heterocycles. The van der Waals surface area contributed by atoms with Crippen molar-refractivity contribution in [2.75, 3.05) is 25.2 Å². The van der Waals surface area contributed by atoms with Crippen LogP contribution in [0.5, 0.6) is 0 Å². The summed E-state index contributed by atoms with van der Waals surface area (Å²) in [6.07, 6.45) is 0.407. The van der Waals surface area contributed by atoms with E-state index in [1.165, 1.54) is 0 Å². The number of carbonyl (C=O) groups excluding carboxylic acids is 1. The monoisotopic (exact) mass is 292 g/mol. The zero-order valence-electron chi connectivity index (χ0n) is 12.2. The fraction of sp³-hybridized carbons (Fsp3) is 0.467. The van der Waals surface area contributed by atoms with Crippen LogP contribution in [-0.2, 0) is 9.53 Å². The number of aliphatic carboxylic acids is 1. The molecule has 0 bridgehead atoms. The largest absolute Gasteiger partial charge is 0.481 e. The normalized spacial score (nSPS) is 20.8. The number of nitrogens with one attached hydrogen (secondary N) is 1. The third-order valence-corrected chi connectivity index (χ3v) is 3.69. The summed E-state index contributed by atoms with van der Waals surface area (Å²) in [5.41, 5.74) is 1.35. The Morgan fingerprint density at radius 3 is 2.81 bits per heavy atom. The number of amides is 2. The quantitative estimate of drug-likeness (QED) is 0.830. The molecule has 2 atom stereocenters. The van der Waals surface area contributed by atoms with Crippen molar-refractivity contribution in [3.8, 4) is 0 Å². The van der Waals surface area contributed by atoms with E-state index < -0.39 is 11.9 Å². The number of carbonyl (C=O) groups is 2. The van der Waals surface area contributed by atoms with Crippen molar-refractivity contribution in [3.63, 3.8) is 0 Å². The highest BCUT2D eigenvalue weighted by Gasteiger charge is 2.36. The van der Waals surface area contributed by atoms with E-state index in [4.69, 9.17) is 4.74 Å². The number of hydrogen-bond acceptors (Lipinski definition) is 3. The Morgan fingerprint density at radius 2 is 2.14 bits per heavy atom. The SMILES string of the molecule is COCCNC(=O)N1c2ccccc2C(C(=O)O)CC1C. The molecule has 1 aromatic rings. The minimum Gasteiger partial charge on any atom is -0.481 e. The summed E-state index contributed by atoms with van der Waals surface area (Å²) in [5, 5.41) is 12.1. The van der Waals surface area contributed by atoms with Crippen LogP contribution in [0.25, 0.3) is 0 Å². The van der Waals surface area contributed by atoms with Gasteiger partial charge in [-0.2, -0.15) is 0 Å². The number of urea groups is 1. The first kappa shape index (κ1) is 15.3. The van der Waals surface area contributed by atoms with Gasteiger partial charge in [0.15, 0.2) is 0 Å². The predicted octanol–water partition coefficient (Wildman–Crippen LogP) is 1.81. The third-order valence-electron chi connectivity index (χ3n) is 3.69. The highest BCUT2D eigenvalue weighted by molar-refractivity contribution is 5.96. The molecule has 0 aromatic heterocycles. The summed E-state index contributed by atoms with van der Waals surface area (Å²) in [5.74, 6) is -1.42. The average molecular weight is 292 g/mol. The van der Waals surface area contributed by atoms with Crippen molar-refractivity contribution in [2.45, 2.75) is 25.3 Å². The zero-order valence-corrected chi connectivity index (χ0v) is 12.2. The molecule has 0 saturated heterocycles. The number of carboxylic acids is 1. The number of rotatable bonds is 4. The minimum absolute atomic E-state index is 0.177. The number of hydrogen-bond donors (Lipinski definition) is 2. The van der Waals surface area contributed by atoms with Gasteiger partial charge in [-0.1, -0.05) is 18.2 Å². The molecule has 2 unspecified atom stereocenters. The van der Waals surface area contributed by atoms with Crippen LogP contribution >= 0.6 is 0 Å². The number of nitrogens with zero attached hydrogens (tertiary/aromatic N) is 1. The molecule has 114 valence electrons. The van der Waals surface area contributed by atoms with Crippen LogP contribution in [0.15, 0.2) is 24.3 Å². The fourth-order valence-corrected chi connectivity index (χ4v) is 2.70. The summed E-state index contributed by atoms with van der Waals surface area (Å²) in [7, 11) is 1.57. The number of methoxy groups -OCH3 is 1. The smallest absolute Gasteiger partial charge is 0.322 e. The van der Waals surface area contributed by atoms with Gasteiger partial charge in [0.05, 0.1) is 12.5 Å². The van der Waals surface area contributed by atoms with E-state index >= 15 is 0 Å². The molecule has 0 spiro atoms. The summed E-state index contributed by atoms with van der Waals surface area (Å²) >= 11 is 0. The minimum atomic E-state index is -0.853. The van der Waals surface area contributed by atoms with E-state index in [0.717, 1.165) is 0 Å². The lowest BCUT2D eigenvalue weighted by molar-refractivity contribution is -0.139. The lowest BCUT2D eigenvalue weighted by atomic mass is 9.86. The first-order chi connectivity index (χ1) is 10.1. The molecule has 2 amide bonds. The van der Waals surface area contributed by atoms with E-state index in [1.807, 2.05) is 13.0 Å². The van der Waals surface area contributed by atoms with E-state index in [0.29, 0.717) is 30.8 Å². The molecule has 21 heavy (non-hydrogen) atoms. The number of ether oxygens (including phenoxy) is 1. The predicted molar refractivity (Wildman–Crippen MR) is 78.7 cm³/mol. The topological polar surface area (TPSA) is 78.9 Å². The number of carboxylic acid groups (broad SMARTS) is 1. The lowest BCUT2D eigenvalue weighted by Crippen LogP contribution is -2.49. The molecule has 1 aliphatic rings. The van der Waals surface area contributed by atoms with Gasteiger partial charge in [-0.15, -0.1) is 0 Å². The van der Waals surface area contributed by atoms with E-state index in [-0.39, 0.29) is 12.1 Å². The standard InChI is InChI=1S/C15H20N2O4/c1-10-9-12(14(18)19)11-5-3-4-6-13(11)17(10)15(20)16-7-8-21-2/h3-6,10,12H,7-9H2,1-2H3,(H,16,20)(H,18,19). The Kier molecular flexibility index (Phi) is 4.80. The second-order valence-electron chi connectivity index (χ2n) is 5.13. The molecule has 0 radical (unpaired) electrons. The van der Waals surface area contributed by atoms with Crippen LogP contribution in [-0.4, -0.2) is 43.4 Å². The van der Waals surface area contributed by atoms with Crippen LogP contribution < -0.4 is 10.2 Å². The average Bonchev–Trinajstić information content (AvgIpc) is 2.46. The van der Waals surface area contributed by atoms with Gasteiger partial charge in [0.25, 0.3) is 0 Å². The van der Waals surface area contributed by atoms with E-state index in [1.54, 1.807) is 30.2 Å². The van der Waals surface area contributed by atoms with Crippen LogP contribution in [0.2, 0.25) is 0 Å². The number of benzene rings is 1. The van der Waals surface area contributed by atoms with Gasteiger partial charge in [-0.3, -0.25) is 9.69 Å². The summed E-state index contributed by atoms with van der Waals surface area (Å²) in [6.45, 7) is 2.72. The summed E-state index contributed by atoms with van der Waals surface area (Å²) in [4.78, 5) is 25.4. The molecule has 1 heterocycles. The highest BCUT2D eigenvalue weighted by Crippen LogP contribution is 2.38. The Morgan fingerprint density at radius 1 is 1.43 bits per heavy atom. The highest BCUT2D eigenvalue weighted by atomic mass is 16.5. The molecule has 6 nitrogen and oxygen atoms in total. The molecule has 2 N–H and O–H groups in total. The number of anilines is 1. The maximum absolute atomic E-state index is 12.3. The molecular formula is C15H20N2O4. The third kappa shape index (κ3) is 3.16. The maximum Gasteiger partial charge on any atom is 0.322 e. The molecule has 0 saturated carbocycles. The van der Waals surface area contributed by atoms with Crippen molar-refractivity contribution in [1.82, 2.24) is 5.32 Å². The lowest BCUT2D eigenvalue weighted by Gasteiger charge is -2.37. The van der Waals surface area contributed by atoms with Gasteiger partial charge < -0.3 is 15.2 Å². The Balaban J connectivity index is 2.27. The van der Waals surface area contributed by atoms with Crippen LogP contribution in [0.3, 0.4) is 0 Å². The van der Waals surface area contributed by atoms with Gasteiger partial charge in [0, 0.05) is 25.4 Å². The summed E-state index contributed by atoms with van der Waals surface area (Å²) < 4.78 is 4.91. The molecule has 2 rings (SSSR count).